The van der Waals surface area contributed by atoms with Crippen LogP contribution >= 0.6 is 0 Å². The van der Waals surface area contributed by atoms with Crippen LogP contribution in [0.25, 0.3) is 0 Å². The summed E-state index contributed by atoms with van der Waals surface area (Å²) in [5, 5.41) is 12.1. The normalized spacial score (nSPS) is 26.6. The molecule has 1 aromatic carbocycles. The highest BCUT2D eigenvalue weighted by Crippen LogP contribution is 2.49. The average molecular weight is 288 g/mol. The van der Waals surface area contributed by atoms with Crippen LogP contribution in [-0.2, 0) is 4.79 Å². The van der Waals surface area contributed by atoms with Crippen LogP contribution in [0.2, 0.25) is 0 Å². The number of carbonyl (C=O) groups is 2. The first-order valence-corrected chi connectivity index (χ1v) is 7.37. The minimum atomic E-state index is -0.898. The maximum atomic E-state index is 12.3. The van der Waals surface area contributed by atoms with Gasteiger partial charge in [0.15, 0.2) is 0 Å². The topological polar surface area (TPSA) is 69.6 Å². The van der Waals surface area contributed by atoms with Crippen molar-refractivity contribution in [2.75, 3.05) is 11.9 Å². The number of carboxylic acid groups (broad SMARTS) is 1. The molecule has 0 spiro atoms. The van der Waals surface area contributed by atoms with Gasteiger partial charge in [0.1, 0.15) is 6.04 Å². The zero-order valence-electron chi connectivity index (χ0n) is 12.2. The molecule has 1 aromatic rings. The van der Waals surface area contributed by atoms with Gasteiger partial charge in [0.25, 0.3) is 0 Å². The molecular formula is C16H20N2O3. The van der Waals surface area contributed by atoms with Crippen LogP contribution in [0.3, 0.4) is 0 Å². The molecule has 5 nitrogen and oxygen atoms in total. The first-order chi connectivity index (χ1) is 9.97. The summed E-state index contributed by atoms with van der Waals surface area (Å²) in [5.41, 5.74) is 1.91. The van der Waals surface area contributed by atoms with Crippen molar-refractivity contribution in [2.24, 2.45) is 11.8 Å². The van der Waals surface area contributed by atoms with Gasteiger partial charge < -0.3 is 15.3 Å². The predicted octanol–water partition coefficient (Wildman–Crippen LogP) is 2.75. The molecule has 2 aliphatic rings. The van der Waals surface area contributed by atoms with Crippen LogP contribution in [0.4, 0.5) is 10.5 Å². The Labute approximate surface area is 123 Å². The van der Waals surface area contributed by atoms with Crippen LogP contribution < -0.4 is 5.32 Å². The van der Waals surface area contributed by atoms with Gasteiger partial charge in [-0.25, -0.2) is 9.59 Å². The van der Waals surface area contributed by atoms with Gasteiger partial charge in [-0.05, 0) is 41.9 Å². The maximum absolute atomic E-state index is 12.3. The standard InChI is InChI=1S/C16H20N2O3/c1-9(2)10-3-5-12(6-4-10)17-16(21)18-8-11-7-13(11)14(18)15(19)20/h3-6,9,11,13-14H,7-8H2,1-2H3,(H,17,21)(H,19,20)/t11-,13-,14+/m0/s1. The number of hydrogen-bond donors (Lipinski definition) is 2. The first kappa shape index (κ1) is 13.9. The van der Waals surface area contributed by atoms with Crippen molar-refractivity contribution in [3.63, 3.8) is 0 Å². The second-order valence-electron chi connectivity index (χ2n) is 6.30. The van der Waals surface area contributed by atoms with Crippen molar-refractivity contribution in [3.8, 4) is 0 Å². The third kappa shape index (κ3) is 2.60. The summed E-state index contributed by atoms with van der Waals surface area (Å²) in [6.45, 7) is 4.78. The smallest absolute Gasteiger partial charge is 0.326 e. The number of hydrogen-bond acceptors (Lipinski definition) is 2. The molecule has 2 N–H and O–H groups in total. The Bertz CT molecular complexity index is 567. The molecule has 21 heavy (non-hydrogen) atoms. The van der Waals surface area contributed by atoms with Gasteiger partial charge in [-0.15, -0.1) is 0 Å². The van der Waals surface area contributed by atoms with Gasteiger partial charge in [-0.3, -0.25) is 0 Å². The van der Waals surface area contributed by atoms with Crippen molar-refractivity contribution < 1.29 is 14.7 Å². The molecule has 0 aromatic heterocycles. The van der Waals surface area contributed by atoms with E-state index < -0.39 is 12.0 Å². The van der Waals surface area contributed by atoms with Crippen LogP contribution in [0.15, 0.2) is 24.3 Å². The fourth-order valence-electron chi connectivity index (χ4n) is 3.14. The number of amides is 2. The van der Waals surface area contributed by atoms with Crippen molar-refractivity contribution >= 4 is 17.7 Å². The lowest BCUT2D eigenvalue weighted by atomic mass is 10.0. The molecule has 2 amide bonds. The summed E-state index contributed by atoms with van der Waals surface area (Å²) < 4.78 is 0. The molecule has 3 atom stereocenters. The second kappa shape index (κ2) is 5.06. The molecule has 1 heterocycles. The molecule has 0 radical (unpaired) electrons. The number of rotatable bonds is 3. The van der Waals surface area contributed by atoms with E-state index in [2.05, 4.69) is 19.2 Å². The largest absolute Gasteiger partial charge is 0.480 e. The molecule has 0 unspecified atom stereocenters. The number of nitrogens with zero attached hydrogens (tertiary/aromatic N) is 1. The highest BCUT2D eigenvalue weighted by Gasteiger charge is 2.57. The number of carbonyl (C=O) groups excluding carboxylic acids is 1. The van der Waals surface area contributed by atoms with E-state index in [-0.39, 0.29) is 11.9 Å². The number of urea groups is 1. The molecule has 5 heteroatoms. The van der Waals surface area contributed by atoms with Crippen molar-refractivity contribution in [3.05, 3.63) is 29.8 Å². The lowest BCUT2D eigenvalue weighted by Gasteiger charge is -2.24. The fraction of sp³-hybridized carbons (Fsp3) is 0.500. The number of piperidine rings is 1. The molecule has 1 aliphatic carbocycles. The summed E-state index contributed by atoms with van der Waals surface area (Å²) >= 11 is 0. The van der Waals surface area contributed by atoms with E-state index in [0.29, 0.717) is 24.1 Å². The number of nitrogens with one attached hydrogen (secondary N) is 1. The molecule has 112 valence electrons. The number of fused-ring (bicyclic) bond motifs is 1. The summed E-state index contributed by atoms with van der Waals surface area (Å²) in [5.74, 6) is 0.0684. The molecule has 1 saturated heterocycles. The highest BCUT2D eigenvalue weighted by atomic mass is 16.4. The summed E-state index contributed by atoms with van der Waals surface area (Å²) in [6, 6.07) is 6.71. The van der Waals surface area contributed by atoms with Crippen LogP contribution in [0.1, 0.15) is 31.7 Å². The van der Waals surface area contributed by atoms with Gasteiger partial charge >= 0.3 is 12.0 Å². The average Bonchev–Trinajstić information content (AvgIpc) is 3.08. The van der Waals surface area contributed by atoms with Gasteiger partial charge in [0.2, 0.25) is 0 Å². The number of likely N-dealkylation sites (tertiary alicyclic amines) is 1. The van der Waals surface area contributed by atoms with E-state index in [0.717, 1.165) is 6.42 Å². The first-order valence-electron chi connectivity index (χ1n) is 7.37. The molecule has 1 aliphatic heterocycles. The van der Waals surface area contributed by atoms with E-state index in [1.54, 1.807) is 0 Å². The molecule has 2 fully saturated rings. The highest BCUT2D eigenvalue weighted by molar-refractivity contribution is 5.93. The van der Waals surface area contributed by atoms with E-state index in [4.69, 9.17) is 0 Å². The minimum absolute atomic E-state index is 0.150. The van der Waals surface area contributed by atoms with Crippen LogP contribution in [-0.4, -0.2) is 34.6 Å². The van der Waals surface area contributed by atoms with Gasteiger partial charge in [-0.1, -0.05) is 26.0 Å². The Morgan fingerprint density at radius 2 is 1.95 bits per heavy atom. The van der Waals surface area contributed by atoms with E-state index >= 15 is 0 Å². The molecule has 0 bridgehead atoms. The van der Waals surface area contributed by atoms with Gasteiger partial charge in [-0.2, -0.15) is 0 Å². The quantitative estimate of drug-likeness (QED) is 0.898. The van der Waals surface area contributed by atoms with Crippen molar-refractivity contribution in [1.82, 2.24) is 4.90 Å². The number of carboxylic acids is 1. The van der Waals surface area contributed by atoms with Crippen molar-refractivity contribution in [1.29, 1.82) is 0 Å². The van der Waals surface area contributed by atoms with Gasteiger partial charge in [0, 0.05) is 12.2 Å². The van der Waals surface area contributed by atoms with Crippen LogP contribution in [0, 0.1) is 11.8 Å². The van der Waals surface area contributed by atoms with Crippen LogP contribution in [0.5, 0.6) is 0 Å². The Morgan fingerprint density at radius 3 is 2.52 bits per heavy atom. The third-order valence-corrected chi connectivity index (χ3v) is 4.49. The zero-order valence-corrected chi connectivity index (χ0v) is 12.2. The SMILES string of the molecule is CC(C)c1ccc(NC(=O)N2C[C@@H]3C[C@@H]3[C@@H]2C(=O)O)cc1. The third-order valence-electron chi connectivity index (χ3n) is 4.49. The Balaban J connectivity index is 1.67. The monoisotopic (exact) mass is 288 g/mol. The Kier molecular flexibility index (Phi) is 3.35. The number of benzene rings is 1. The van der Waals surface area contributed by atoms with E-state index in [1.165, 1.54) is 10.5 Å². The summed E-state index contributed by atoms with van der Waals surface area (Å²) in [6.07, 6.45) is 0.934. The molecule has 1 saturated carbocycles. The number of aliphatic carboxylic acids is 1. The van der Waals surface area contributed by atoms with Crippen molar-refractivity contribution in [2.45, 2.75) is 32.2 Å². The minimum Gasteiger partial charge on any atom is -0.480 e. The maximum Gasteiger partial charge on any atom is 0.326 e. The Hall–Kier alpha value is -2.04. The molecular weight excluding hydrogens is 268 g/mol. The molecule has 3 rings (SSSR count). The lowest BCUT2D eigenvalue weighted by molar-refractivity contribution is -0.142. The fourth-order valence-corrected chi connectivity index (χ4v) is 3.14. The lowest BCUT2D eigenvalue weighted by Crippen LogP contribution is -2.45. The van der Waals surface area contributed by atoms with E-state index in [9.17, 15) is 14.7 Å². The second-order valence-corrected chi connectivity index (χ2v) is 6.30. The summed E-state index contributed by atoms with van der Waals surface area (Å²) in [4.78, 5) is 25.0. The van der Waals surface area contributed by atoms with Gasteiger partial charge in [0.05, 0.1) is 0 Å². The predicted molar refractivity (Wildman–Crippen MR) is 79.3 cm³/mol. The van der Waals surface area contributed by atoms with E-state index in [1.807, 2.05) is 24.3 Å². The Morgan fingerprint density at radius 1 is 1.29 bits per heavy atom. The zero-order chi connectivity index (χ0) is 15.1. The summed E-state index contributed by atoms with van der Waals surface area (Å²) in [7, 11) is 0. The number of anilines is 1.